The molecule has 188 valence electrons. The first-order valence-electron chi connectivity index (χ1n) is 13.8. The number of aryl methyl sites for hydroxylation is 4. The topological polar surface area (TPSA) is 0 Å². The molecule has 0 saturated heterocycles. The zero-order chi connectivity index (χ0) is 26.7. The first-order chi connectivity index (χ1) is 18.6. The van der Waals surface area contributed by atoms with Gasteiger partial charge >= 0.3 is 0 Å². The lowest BCUT2D eigenvalue weighted by molar-refractivity contribution is 1.14. The summed E-state index contributed by atoms with van der Waals surface area (Å²) in [5.41, 5.74) is 25.0. The molecular weight excluding hydrogens is 456 g/mol. The summed E-state index contributed by atoms with van der Waals surface area (Å²) in [6.07, 6.45) is 4.09. The van der Waals surface area contributed by atoms with Crippen LogP contribution in [0, 0.1) is 0 Å². The fourth-order valence-electron chi connectivity index (χ4n) is 4.44. The second-order valence-electron chi connectivity index (χ2n) is 9.45. The van der Waals surface area contributed by atoms with Crippen molar-refractivity contribution in [3.8, 4) is 0 Å². The van der Waals surface area contributed by atoms with E-state index in [4.69, 9.17) is 0 Å². The van der Waals surface area contributed by atoms with E-state index in [1.807, 2.05) is 0 Å². The largest absolute Gasteiger partial charge is 0.0613 e. The minimum absolute atomic E-state index is 1.01. The maximum atomic E-state index is 3.40. The van der Waals surface area contributed by atoms with Crippen molar-refractivity contribution in [1.29, 1.82) is 0 Å². The highest BCUT2D eigenvalue weighted by Crippen LogP contribution is 2.25. The molecule has 0 unspecified atom stereocenters. The molecule has 0 atom stereocenters. The molecule has 0 aliphatic heterocycles. The van der Waals surface area contributed by atoms with E-state index in [-0.39, 0.29) is 0 Å². The lowest BCUT2D eigenvalue weighted by Crippen LogP contribution is -1.89. The Hall–Kier alpha value is -4.26. The van der Waals surface area contributed by atoms with Crippen LogP contribution in [-0.4, -0.2) is 0 Å². The standard InChI is InChI=1S/C38H36/c1-5-29-13-21-33(22-14-29)37(34-23-15-30(6-2)16-24-34)11-9-10-12-38(35-25-17-31(7-3)18-26-35)36-27-19-32(8-4)20-28-36/h13-28H,5-8H2,1-4H3. The van der Waals surface area contributed by atoms with Crippen molar-refractivity contribution in [3.05, 3.63) is 164 Å². The number of benzene rings is 4. The van der Waals surface area contributed by atoms with Gasteiger partial charge in [-0.05, 0) is 81.7 Å². The molecule has 0 spiro atoms. The summed E-state index contributed by atoms with van der Waals surface area (Å²) in [6, 6.07) is 34.9. The lowest BCUT2D eigenvalue weighted by Gasteiger charge is -2.07. The minimum Gasteiger partial charge on any atom is -0.0613 e. The van der Waals surface area contributed by atoms with Crippen LogP contribution in [0.3, 0.4) is 0 Å². The van der Waals surface area contributed by atoms with Gasteiger partial charge in [0.1, 0.15) is 0 Å². The molecule has 0 bridgehead atoms. The van der Waals surface area contributed by atoms with Crippen molar-refractivity contribution in [2.75, 3.05) is 0 Å². The average Bonchev–Trinajstić information content (AvgIpc) is 2.99. The number of rotatable bonds is 8. The number of hydrogen-bond donors (Lipinski definition) is 0. The molecule has 4 rings (SSSR count). The molecule has 0 saturated carbocycles. The van der Waals surface area contributed by atoms with E-state index in [2.05, 4.69) is 148 Å². The number of hydrogen-bond acceptors (Lipinski definition) is 0. The van der Waals surface area contributed by atoms with Crippen molar-refractivity contribution in [3.63, 3.8) is 0 Å². The Bertz CT molecular complexity index is 1300. The lowest BCUT2D eigenvalue weighted by atomic mass is 9.96. The molecule has 0 heteroatoms. The smallest absolute Gasteiger partial charge is 0.0400 e. The van der Waals surface area contributed by atoms with Gasteiger partial charge in [0, 0.05) is 11.1 Å². The summed E-state index contributed by atoms with van der Waals surface area (Å²) in [6.45, 7) is 8.71. The summed E-state index contributed by atoms with van der Waals surface area (Å²) in [5, 5.41) is 0. The quantitative estimate of drug-likeness (QED) is 0.215. The Morgan fingerprint density at radius 1 is 0.368 bits per heavy atom. The van der Waals surface area contributed by atoms with Crippen LogP contribution in [0.1, 0.15) is 72.2 Å². The highest BCUT2D eigenvalue weighted by molar-refractivity contribution is 5.80. The molecule has 4 aromatic carbocycles. The van der Waals surface area contributed by atoms with E-state index in [1.54, 1.807) is 0 Å². The second-order valence-corrected chi connectivity index (χ2v) is 9.45. The van der Waals surface area contributed by atoms with Crippen LogP contribution in [-0.2, 0) is 25.7 Å². The van der Waals surface area contributed by atoms with Crippen LogP contribution < -0.4 is 0 Å². The fraction of sp³-hybridized carbons (Fsp3) is 0.211. The third-order valence-electron chi connectivity index (χ3n) is 7.04. The Morgan fingerprint density at radius 3 is 0.763 bits per heavy atom. The van der Waals surface area contributed by atoms with Gasteiger partial charge in [-0.15, -0.1) is 0 Å². The Kier molecular flexibility index (Phi) is 9.40. The van der Waals surface area contributed by atoms with E-state index >= 15 is 0 Å². The molecule has 0 aliphatic carbocycles. The summed E-state index contributed by atoms with van der Waals surface area (Å²) in [7, 11) is 0. The molecule has 0 nitrogen and oxygen atoms in total. The zero-order valence-corrected chi connectivity index (χ0v) is 23.1. The molecule has 0 aliphatic rings. The van der Waals surface area contributed by atoms with Crippen LogP contribution in [0.15, 0.2) is 120 Å². The van der Waals surface area contributed by atoms with Crippen LogP contribution in [0.4, 0.5) is 0 Å². The molecule has 0 fully saturated rings. The Labute approximate surface area is 228 Å². The van der Waals surface area contributed by atoms with Crippen LogP contribution in [0.2, 0.25) is 0 Å². The van der Waals surface area contributed by atoms with Gasteiger partial charge in [-0.25, -0.2) is 0 Å². The SMILES string of the molecule is CCc1ccc(C(=C=C=C=C=C(c2ccc(CC)cc2)c2ccc(CC)cc2)c2ccc(CC)cc2)cc1. The highest BCUT2D eigenvalue weighted by Gasteiger charge is 2.06. The molecule has 0 radical (unpaired) electrons. The normalized spacial score (nSPS) is 10.1. The maximum absolute atomic E-state index is 3.40. The van der Waals surface area contributed by atoms with Crippen molar-refractivity contribution < 1.29 is 0 Å². The third-order valence-corrected chi connectivity index (χ3v) is 7.04. The monoisotopic (exact) mass is 492 g/mol. The Morgan fingerprint density at radius 2 is 0.579 bits per heavy atom. The highest BCUT2D eigenvalue weighted by atomic mass is 14.1. The van der Waals surface area contributed by atoms with Crippen molar-refractivity contribution in [1.82, 2.24) is 0 Å². The van der Waals surface area contributed by atoms with E-state index in [0.717, 1.165) is 59.1 Å². The van der Waals surface area contributed by atoms with Crippen LogP contribution in [0.5, 0.6) is 0 Å². The fourth-order valence-corrected chi connectivity index (χ4v) is 4.44. The van der Waals surface area contributed by atoms with E-state index in [1.165, 1.54) is 22.3 Å². The minimum atomic E-state index is 1.01. The van der Waals surface area contributed by atoms with Crippen LogP contribution in [0.25, 0.3) is 11.1 Å². The van der Waals surface area contributed by atoms with Crippen molar-refractivity contribution in [2.24, 2.45) is 0 Å². The van der Waals surface area contributed by atoms with Gasteiger partial charge in [-0.2, -0.15) is 0 Å². The van der Waals surface area contributed by atoms with Gasteiger partial charge in [0.2, 0.25) is 0 Å². The molecule has 4 aromatic rings. The maximum Gasteiger partial charge on any atom is 0.0400 e. The van der Waals surface area contributed by atoms with Gasteiger partial charge in [-0.3, -0.25) is 0 Å². The molecule has 0 N–H and O–H groups in total. The first-order valence-corrected chi connectivity index (χ1v) is 13.8. The van der Waals surface area contributed by atoms with Gasteiger partial charge in [-0.1, -0.05) is 136 Å². The molecule has 0 heterocycles. The Balaban J connectivity index is 1.91. The van der Waals surface area contributed by atoms with Gasteiger partial charge in [0.05, 0.1) is 0 Å². The molecule has 0 aromatic heterocycles. The summed E-state index contributed by atoms with van der Waals surface area (Å²) in [4.78, 5) is 0. The van der Waals surface area contributed by atoms with Crippen LogP contribution >= 0.6 is 0 Å². The average molecular weight is 493 g/mol. The summed E-state index contributed by atoms with van der Waals surface area (Å²) >= 11 is 0. The van der Waals surface area contributed by atoms with Gasteiger partial charge < -0.3 is 0 Å². The first kappa shape index (κ1) is 26.8. The second kappa shape index (κ2) is 13.3. The summed E-state index contributed by atoms with van der Waals surface area (Å²) in [5.74, 6) is 0. The van der Waals surface area contributed by atoms with E-state index in [9.17, 15) is 0 Å². The van der Waals surface area contributed by atoms with Gasteiger partial charge in [0.15, 0.2) is 0 Å². The van der Waals surface area contributed by atoms with Gasteiger partial charge in [0.25, 0.3) is 0 Å². The molecule has 38 heavy (non-hydrogen) atoms. The predicted molar refractivity (Wildman–Crippen MR) is 162 cm³/mol. The molecule has 0 amide bonds. The van der Waals surface area contributed by atoms with Crippen molar-refractivity contribution >= 4 is 11.1 Å². The zero-order valence-electron chi connectivity index (χ0n) is 23.1. The predicted octanol–water partition coefficient (Wildman–Crippen LogP) is 9.56. The third kappa shape index (κ3) is 6.73. The molecular formula is C38H36. The van der Waals surface area contributed by atoms with E-state index < -0.39 is 0 Å². The summed E-state index contributed by atoms with van der Waals surface area (Å²) < 4.78 is 0. The van der Waals surface area contributed by atoms with Crippen molar-refractivity contribution in [2.45, 2.75) is 53.4 Å². The van der Waals surface area contributed by atoms with E-state index in [0.29, 0.717) is 0 Å².